The zero-order chi connectivity index (χ0) is 16.8. The second-order valence-corrected chi connectivity index (χ2v) is 5.45. The van der Waals surface area contributed by atoms with E-state index in [0.29, 0.717) is 13.2 Å². The van der Waals surface area contributed by atoms with Crippen LogP contribution in [0.15, 0.2) is 27.8 Å². The van der Waals surface area contributed by atoms with Gasteiger partial charge in [0.05, 0.1) is 12.4 Å². The maximum absolute atomic E-state index is 5.53. The summed E-state index contributed by atoms with van der Waals surface area (Å²) in [5.74, 6) is 1.70. The number of rotatable bonds is 12. The van der Waals surface area contributed by atoms with Crippen molar-refractivity contribution in [2.45, 2.75) is 46.3 Å². The van der Waals surface area contributed by atoms with Gasteiger partial charge in [-0.05, 0) is 45.7 Å². The zero-order valence-corrected chi connectivity index (χ0v) is 14.6. The Balaban J connectivity index is 2.08. The van der Waals surface area contributed by atoms with Crippen LogP contribution in [0.25, 0.3) is 0 Å². The first-order valence-electron chi connectivity index (χ1n) is 8.46. The highest BCUT2D eigenvalue weighted by molar-refractivity contribution is 5.79. The van der Waals surface area contributed by atoms with Crippen molar-refractivity contribution in [1.82, 2.24) is 10.6 Å². The summed E-state index contributed by atoms with van der Waals surface area (Å²) in [5, 5.41) is 6.55. The lowest BCUT2D eigenvalue weighted by Crippen LogP contribution is -2.38. The van der Waals surface area contributed by atoms with Crippen molar-refractivity contribution in [3.63, 3.8) is 0 Å². The molecule has 1 heterocycles. The van der Waals surface area contributed by atoms with E-state index in [9.17, 15) is 0 Å². The highest BCUT2D eigenvalue weighted by Crippen LogP contribution is 2.01. The molecule has 6 nitrogen and oxygen atoms in total. The maximum atomic E-state index is 5.53. The first kappa shape index (κ1) is 19.5. The van der Waals surface area contributed by atoms with E-state index in [1.165, 1.54) is 0 Å². The molecule has 0 radical (unpaired) electrons. The standard InChI is InChI=1S/C17H31N3O3/c1-4-18-17(20-10-7-13-22-15(2)3)19-9-6-11-21-14-16-8-5-12-23-16/h5,8,12,15H,4,6-7,9-11,13-14H2,1-3H3,(H2,18,19,20). The molecule has 0 saturated carbocycles. The zero-order valence-electron chi connectivity index (χ0n) is 14.6. The lowest BCUT2D eigenvalue weighted by molar-refractivity contribution is 0.0776. The van der Waals surface area contributed by atoms with E-state index in [4.69, 9.17) is 13.9 Å². The number of aliphatic imine (C=N–C) groups is 1. The Morgan fingerprint density at radius 2 is 2.13 bits per heavy atom. The number of nitrogens with zero attached hydrogens (tertiary/aromatic N) is 1. The molecule has 2 N–H and O–H groups in total. The molecular weight excluding hydrogens is 294 g/mol. The SMILES string of the molecule is CCNC(=NCCCOCc1ccco1)NCCCOC(C)C. The van der Waals surface area contributed by atoms with E-state index in [-0.39, 0.29) is 6.10 Å². The van der Waals surface area contributed by atoms with Gasteiger partial charge in [-0.1, -0.05) is 0 Å². The fourth-order valence-corrected chi connectivity index (χ4v) is 1.86. The van der Waals surface area contributed by atoms with Crippen molar-refractivity contribution >= 4 is 5.96 Å². The third-order valence-corrected chi connectivity index (χ3v) is 2.95. The Kier molecular flexibility index (Phi) is 11.0. The van der Waals surface area contributed by atoms with Crippen LogP contribution >= 0.6 is 0 Å². The summed E-state index contributed by atoms with van der Waals surface area (Å²) in [5.41, 5.74) is 0. The summed E-state index contributed by atoms with van der Waals surface area (Å²) >= 11 is 0. The lowest BCUT2D eigenvalue weighted by atomic mass is 10.4. The number of ether oxygens (including phenoxy) is 2. The summed E-state index contributed by atoms with van der Waals surface area (Å²) in [4.78, 5) is 4.53. The fourth-order valence-electron chi connectivity index (χ4n) is 1.86. The molecule has 0 aromatic carbocycles. The van der Waals surface area contributed by atoms with E-state index in [1.807, 2.05) is 26.0 Å². The van der Waals surface area contributed by atoms with E-state index in [1.54, 1.807) is 6.26 Å². The Morgan fingerprint density at radius 3 is 2.83 bits per heavy atom. The van der Waals surface area contributed by atoms with Gasteiger partial charge in [0, 0.05) is 32.8 Å². The molecule has 0 unspecified atom stereocenters. The highest BCUT2D eigenvalue weighted by atomic mass is 16.5. The lowest BCUT2D eigenvalue weighted by Gasteiger charge is -2.12. The molecule has 0 bridgehead atoms. The number of hydrogen-bond donors (Lipinski definition) is 2. The van der Waals surface area contributed by atoms with Crippen LogP contribution in [-0.2, 0) is 16.1 Å². The van der Waals surface area contributed by atoms with Crippen molar-refractivity contribution in [3.8, 4) is 0 Å². The van der Waals surface area contributed by atoms with Crippen LogP contribution in [0.4, 0.5) is 0 Å². The highest BCUT2D eigenvalue weighted by Gasteiger charge is 1.98. The Bertz CT molecular complexity index is 405. The van der Waals surface area contributed by atoms with Crippen molar-refractivity contribution in [2.24, 2.45) is 4.99 Å². The summed E-state index contributed by atoms with van der Waals surface area (Å²) in [7, 11) is 0. The molecule has 0 spiro atoms. The van der Waals surface area contributed by atoms with Crippen LogP contribution in [0.3, 0.4) is 0 Å². The average molecular weight is 325 g/mol. The minimum absolute atomic E-state index is 0.290. The number of hydrogen-bond acceptors (Lipinski definition) is 4. The number of guanidine groups is 1. The van der Waals surface area contributed by atoms with Crippen molar-refractivity contribution in [3.05, 3.63) is 24.2 Å². The molecule has 6 heteroatoms. The molecule has 0 aliphatic heterocycles. The van der Waals surface area contributed by atoms with Crippen LogP contribution in [0.1, 0.15) is 39.4 Å². The monoisotopic (exact) mass is 325 g/mol. The first-order chi connectivity index (χ1) is 11.2. The van der Waals surface area contributed by atoms with Gasteiger partial charge < -0.3 is 24.5 Å². The molecule has 1 aromatic rings. The number of furan rings is 1. The van der Waals surface area contributed by atoms with Gasteiger partial charge in [0.1, 0.15) is 12.4 Å². The van der Waals surface area contributed by atoms with E-state index in [2.05, 4.69) is 22.5 Å². The van der Waals surface area contributed by atoms with Gasteiger partial charge in [0.15, 0.2) is 5.96 Å². The maximum Gasteiger partial charge on any atom is 0.191 e. The minimum atomic E-state index is 0.290. The van der Waals surface area contributed by atoms with Crippen molar-refractivity contribution < 1.29 is 13.9 Å². The number of nitrogens with one attached hydrogen (secondary N) is 2. The van der Waals surface area contributed by atoms with Crippen molar-refractivity contribution in [1.29, 1.82) is 0 Å². The Hall–Kier alpha value is -1.53. The quantitative estimate of drug-likeness (QED) is 0.351. The average Bonchev–Trinajstić information content (AvgIpc) is 3.03. The molecule has 0 amide bonds. The van der Waals surface area contributed by atoms with Gasteiger partial charge in [0.2, 0.25) is 0 Å². The first-order valence-corrected chi connectivity index (χ1v) is 8.46. The Labute approximate surface area is 139 Å². The molecule has 1 aromatic heterocycles. The largest absolute Gasteiger partial charge is 0.467 e. The molecule has 0 atom stereocenters. The molecule has 0 aliphatic rings. The van der Waals surface area contributed by atoms with Crippen LogP contribution in [-0.4, -0.2) is 44.9 Å². The van der Waals surface area contributed by atoms with E-state index < -0.39 is 0 Å². The summed E-state index contributed by atoms with van der Waals surface area (Å²) in [6, 6.07) is 3.78. The van der Waals surface area contributed by atoms with Crippen molar-refractivity contribution in [2.75, 3.05) is 32.8 Å². The molecule has 0 aliphatic carbocycles. The summed E-state index contributed by atoms with van der Waals surface area (Å²) < 4.78 is 16.3. The third kappa shape index (κ3) is 10.8. The van der Waals surface area contributed by atoms with Gasteiger partial charge >= 0.3 is 0 Å². The van der Waals surface area contributed by atoms with E-state index >= 15 is 0 Å². The van der Waals surface area contributed by atoms with Gasteiger partial charge in [-0.2, -0.15) is 0 Å². The predicted octanol–water partition coefficient (Wildman–Crippen LogP) is 2.56. The van der Waals surface area contributed by atoms with E-state index in [0.717, 1.165) is 50.8 Å². The molecule has 1 rings (SSSR count). The molecule has 0 saturated heterocycles. The third-order valence-electron chi connectivity index (χ3n) is 2.95. The minimum Gasteiger partial charge on any atom is -0.467 e. The molecule has 23 heavy (non-hydrogen) atoms. The fraction of sp³-hybridized carbons (Fsp3) is 0.706. The van der Waals surface area contributed by atoms with Gasteiger partial charge in [-0.25, -0.2) is 0 Å². The normalized spacial score (nSPS) is 11.9. The summed E-state index contributed by atoms with van der Waals surface area (Å²) in [6.45, 7) is 10.6. The summed E-state index contributed by atoms with van der Waals surface area (Å²) in [6.07, 6.45) is 3.80. The molecule has 132 valence electrons. The van der Waals surface area contributed by atoms with Crippen LogP contribution < -0.4 is 10.6 Å². The topological polar surface area (TPSA) is 68.0 Å². The van der Waals surface area contributed by atoms with Gasteiger partial charge in [0.25, 0.3) is 0 Å². The smallest absolute Gasteiger partial charge is 0.191 e. The van der Waals surface area contributed by atoms with Crippen LogP contribution in [0, 0.1) is 0 Å². The van der Waals surface area contributed by atoms with Crippen LogP contribution in [0.5, 0.6) is 0 Å². The van der Waals surface area contributed by atoms with Gasteiger partial charge in [-0.15, -0.1) is 0 Å². The second kappa shape index (κ2) is 13.0. The second-order valence-electron chi connectivity index (χ2n) is 5.45. The van der Waals surface area contributed by atoms with Crippen LogP contribution in [0.2, 0.25) is 0 Å². The Morgan fingerprint density at radius 1 is 1.26 bits per heavy atom. The molecular formula is C17H31N3O3. The molecule has 0 fully saturated rings. The van der Waals surface area contributed by atoms with Gasteiger partial charge in [-0.3, -0.25) is 4.99 Å². The predicted molar refractivity (Wildman–Crippen MR) is 92.7 cm³/mol.